The lowest BCUT2D eigenvalue weighted by Gasteiger charge is -2.36. The molecule has 3 heteroatoms. The maximum absolute atomic E-state index is 6.40. The topological polar surface area (TPSA) is 44.5 Å². The molecule has 0 amide bonds. The Morgan fingerprint density at radius 3 is 2.39 bits per heavy atom. The Kier molecular flexibility index (Phi) is 4.05. The van der Waals surface area contributed by atoms with Crippen molar-refractivity contribution in [3.63, 3.8) is 0 Å². The minimum Gasteiger partial charge on any atom is -0.372 e. The molecule has 18 heavy (non-hydrogen) atoms. The Hall–Kier alpha value is -0.120. The molecule has 106 valence electrons. The fourth-order valence-electron chi connectivity index (χ4n) is 3.56. The van der Waals surface area contributed by atoms with Crippen LogP contribution >= 0.6 is 0 Å². The van der Waals surface area contributed by atoms with Crippen LogP contribution < -0.4 is 5.73 Å². The van der Waals surface area contributed by atoms with Crippen LogP contribution in [0.3, 0.4) is 0 Å². The molecule has 2 aliphatic rings. The van der Waals surface area contributed by atoms with Crippen molar-refractivity contribution in [1.82, 2.24) is 0 Å². The van der Waals surface area contributed by atoms with E-state index < -0.39 is 0 Å². The zero-order valence-corrected chi connectivity index (χ0v) is 12.4. The second-order valence-electron chi connectivity index (χ2n) is 7.11. The van der Waals surface area contributed by atoms with E-state index in [2.05, 4.69) is 27.7 Å². The van der Waals surface area contributed by atoms with Crippen LogP contribution in [0.1, 0.15) is 59.8 Å². The van der Waals surface area contributed by atoms with Gasteiger partial charge >= 0.3 is 0 Å². The van der Waals surface area contributed by atoms with E-state index in [-0.39, 0.29) is 17.3 Å². The van der Waals surface area contributed by atoms with Crippen LogP contribution in [0.5, 0.6) is 0 Å². The number of nitrogens with two attached hydrogens (primary N) is 1. The highest BCUT2D eigenvalue weighted by Crippen LogP contribution is 2.41. The third kappa shape index (κ3) is 3.06. The number of ether oxygens (including phenoxy) is 2. The monoisotopic (exact) mass is 255 g/mol. The molecule has 1 aliphatic carbocycles. The van der Waals surface area contributed by atoms with Gasteiger partial charge in [-0.1, -0.05) is 12.8 Å². The van der Waals surface area contributed by atoms with Crippen molar-refractivity contribution >= 4 is 0 Å². The van der Waals surface area contributed by atoms with Gasteiger partial charge in [0.25, 0.3) is 0 Å². The third-order valence-electron chi connectivity index (χ3n) is 4.47. The smallest absolute Gasteiger partial charge is 0.0895 e. The molecule has 1 saturated heterocycles. The Labute approximate surface area is 111 Å². The largest absolute Gasteiger partial charge is 0.372 e. The molecule has 2 fully saturated rings. The summed E-state index contributed by atoms with van der Waals surface area (Å²) in [6, 6.07) is 0. The minimum atomic E-state index is -0.180. The molecule has 3 unspecified atom stereocenters. The highest BCUT2D eigenvalue weighted by Gasteiger charge is 2.48. The van der Waals surface area contributed by atoms with Crippen molar-refractivity contribution in [3.05, 3.63) is 0 Å². The summed E-state index contributed by atoms with van der Waals surface area (Å²) in [4.78, 5) is 0. The van der Waals surface area contributed by atoms with Gasteiger partial charge in [-0.15, -0.1) is 0 Å². The van der Waals surface area contributed by atoms with E-state index in [1.807, 2.05) is 0 Å². The molecule has 2 rings (SSSR count). The van der Waals surface area contributed by atoms with Crippen molar-refractivity contribution in [1.29, 1.82) is 0 Å². The zero-order chi connectivity index (χ0) is 13.4. The van der Waals surface area contributed by atoms with Crippen molar-refractivity contribution in [2.75, 3.05) is 6.54 Å². The highest BCUT2D eigenvalue weighted by atomic mass is 16.6. The summed E-state index contributed by atoms with van der Waals surface area (Å²) in [5.74, 6) is 0.540. The number of hydrogen-bond donors (Lipinski definition) is 1. The van der Waals surface area contributed by atoms with Crippen molar-refractivity contribution in [2.45, 2.75) is 83.2 Å². The quantitative estimate of drug-likeness (QED) is 0.843. The molecular formula is C15H29NO2. The second-order valence-corrected chi connectivity index (χ2v) is 7.11. The maximum Gasteiger partial charge on any atom is 0.0895 e. The van der Waals surface area contributed by atoms with Gasteiger partial charge in [0.2, 0.25) is 0 Å². The minimum absolute atomic E-state index is 0.0684. The molecule has 1 heterocycles. The summed E-state index contributed by atoms with van der Waals surface area (Å²) >= 11 is 0. The average Bonchev–Trinajstić information content (AvgIpc) is 2.47. The molecule has 0 aromatic rings. The van der Waals surface area contributed by atoms with Crippen LogP contribution in [0.15, 0.2) is 0 Å². The van der Waals surface area contributed by atoms with Gasteiger partial charge in [0.1, 0.15) is 0 Å². The Morgan fingerprint density at radius 2 is 1.83 bits per heavy atom. The Morgan fingerprint density at radius 1 is 1.17 bits per heavy atom. The third-order valence-corrected chi connectivity index (χ3v) is 4.47. The van der Waals surface area contributed by atoms with Gasteiger partial charge in [-0.2, -0.15) is 0 Å². The molecule has 1 aliphatic heterocycles. The van der Waals surface area contributed by atoms with Gasteiger partial charge in [-0.05, 0) is 53.0 Å². The summed E-state index contributed by atoms with van der Waals surface area (Å²) in [5.41, 5.74) is 5.63. The lowest BCUT2D eigenvalue weighted by atomic mass is 9.86. The molecule has 2 N–H and O–H groups in total. The summed E-state index contributed by atoms with van der Waals surface area (Å²) in [7, 11) is 0. The molecule has 0 spiro atoms. The standard InChI is InChI=1S/C15H29NO2/c1-14(2)9-13(15(3,4)18-14)17-12-8-6-5-7-11(12)10-16/h11-13H,5-10,16H2,1-4H3. The molecule has 0 radical (unpaired) electrons. The molecule has 3 atom stereocenters. The lowest BCUT2D eigenvalue weighted by molar-refractivity contribution is -0.132. The van der Waals surface area contributed by atoms with Crippen molar-refractivity contribution in [2.24, 2.45) is 11.7 Å². The van der Waals surface area contributed by atoms with Gasteiger partial charge in [0.15, 0.2) is 0 Å². The number of hydrogen-bond acceptors (Lipinski definition) is 3. The van der Waals surface area contributed by atoms with Crippen LogP contribution in [-0.4, -0.2) is 30.0 Å². The average molecular weight is 255 g/mol. The molecule has 0 bridgehead atoms. The van der Waals surface area contributed by atoms with Gasteiger partial charge in [0, 0.05) is 6.42 Å². The normalized spacial score (nSPS) is 38.8. The predicted octanol–water partition coefficient (Wildman–Crippen LogP) is 2.87. The van der Waals surface area contributed by atoms with E-state index in [4.69, 9.17) is 15.2 Å². The van der Waals surface area contributed by atoms with E-state index in [1.54, 1.807) is 0 Å². The van der Waals surface area contributed by atoms with E-state index in [0.29, 0.717) is 12.0 Å². The van der Waals surface area contributed by atoms with E-state index in [0.717, 1.165) is 19.4 Å². The van der Waals surface area contributed by atoms with Crippen LogP contribution in [0.2, 0.25) is 0 Å². The van der Waals surface area contributed by atoms with Gasteiger partial charge in [0.05, 0.1) is 23.4 Å². The lowest BCUT2D eigenvalue weighted by Crippen LogP contribution is -2.42. The number of rotatable bonds is 3. The molecule has 0 aromatic heterocycles. The Bertz CT molecular complexity index is 288. The molecule has 0 aromatic carbocycles. The van der Waals surface area contributed by atoms with Crippen LogP contribution in [-0.2, 0) is 9.47 Å². The first kappa shape index (κ1) is 14.3. The molecular weight excluding hydrogens is 226 g/mol. The fraction of sp³-hybridized carbons (Fsp3) is 1.00. The summed E-state index contributed by atoms with van der Waals surface area (Å²) in [5, 5.41) is 0. The maximum atomic E-state index is 6.40. The summed E-state index contributed by atoms with van der Waals surface area (Å²) in [6.45, 7) is 9.35. The van der Waals surface area contributed by atoms with Gasteiger partial charge in [-0.3, -0.25) is 0 Å². The Balaban J connectivity index is 2.00. The van der Waals surface area contributed by atoms with Crippen LogP contribution in [0, 0.1) is 5.92 Å². The van der Waals surface area contributed by atoms with E-state index in [9.17, 15) is 0 Å². The summed E-state index contributed by atoms with van der Waals surface area (Å²) in [6.07, 6.45) is 6.48. The highest BCUT2D eigenvalue weighted by molar-refractivity contribution is 4.96. The predicted molar refractivity (Wildman–Crippen MR) is 73.5 cm³/mol. The first-order valence-electron chi connectivity index (χ1n) is 7.40. The van der Waals surface area contributed by atoms with Crippen LogP contribution in [0.4, 0.5) is 0 Å². The SMILES string of the molecule is CC1(C)CC(OC2CCCCC2CN)C(C)(C)O1. The molecule has 1 saturated carbocycles. The zero-order valence-electron chi connectivity index (χ0n) is 12.4. The van der Waals surface area contributed by atoms with Gasteiger partial charge in [-0.25, -0.2) is 0 Å². The van der Waals surface area contributed by atoms with Crippen molar-refractivity contribution in [3.8, 4) is 0 Å². The first-order valence-corrected chi connectivity index (χ1v) is 7.40. The van der Waals surface area contributed by atoms with Gasteiger partial charge < -0.3 is 15.2 Å². The van der Waals surface area contributed by atoms with Crippen molar-refractivity contribution < 1.29 is 9.47 Å². The molecule has 3 nitrogen and oxygen atoms in total. The van der Waals surface area contributed by atoms with E-state index >= 15 is 0 Å². The van der Waals surface area contributed by atoms with Crippen LogP contribution in [0.25, 0.3) is 0 Å². The summed E-state index contributed by atoms with van der Waals surface area (Å²) < 4.78 is 12.5. The second kappa shape index (κ2) is 5.10. The van der Waals surface area contributed by atoms with E-state index in [1.165, 1.54) is 19.3 Å². The first-order chi connectivity index (χ1) is 8.34. The fourth-order valence-corrected chi connectivity index (χ4v) is 3.56.